The second kappa shape index (κ2) is 5.31. The highest BCUT2D eigenvalue weighted by Crippen LogP contribution is 2.37. The van der Waals surface area contributed by atoms with Crippen molar-refractivity contribution in [1.29, 1.82) is 0 Å². The molecule has 2 amide bonds. The van der Waals surface area contributed by atoms with Gasteiger partial charge >= 0.3 is 5.69 Å². The van der Waals surface area contributed by atoms with Crippen molar-refractivity contribution < 1.29 is 9.59 Å². The first kappa shape index (κ1) is 15.8. The van der Waals surface area contributed by atoms with E-state index in [1.807, 2.05) is 12.1 Å². The van der Waals surface area contributed by atoms with Gasteiger partial charge in [0.2, 0.25) is 0 Å². The van der Waals surface area contributed by atoms with Crippen molar-refractivity contribution in [2.24, 2.45) is 7.05 Å². The largest absolute Gasteiger partial charge is 0.326 e. The van der Waals surface area contributed by atoms with Gasteiger partial charge in [-0.2, -0.15) is 0 Å². The molecule has 0 atom stereocenters. The van der Waals surface area contributed by atoms with Crippen LogP contribution >= 0.6 is 11.6 Å². The van der Waals surface area contributed by atoms with Crippen LogP contribution in [0.5, 0.6) is 0 Å². The topological polar surface area (TPSA) is 75.2 Å². The highest BCUT2D eigenvalue weighted by atomic mass is 35.5. The lowest BCUT2D eigenvalue weighted by Gasteiger charge is -2.27. The summed E-state index contributed by atoms with van der Waals surface area (Å²) in [6, 6.07) is 13.8. The quantitative estimate of drug-likeness (QED) is 0.516. The molecule has 27 heavy (non-hydrogen) atoms. The maximum atomic E-state index is 13.2. The summed E-state index contributed by atoms with van der Waals surface area (Å²) in [6.45, 7) is 0. The third-order valence-electron chi connectivity index (χ3n) is 4.99. The number of aromatic nitrogens is 2. The summed E-state index contributed by atoms with van der Waals surface area (Å²) in [7, 11) is 1.61. The van der Waals surface area contributed by atoms with E-state index in [1.54, 1.807) is 43.4 Å². The van der Waals surface area contributed by atoms with Gasteiger partial charge < -0.3 is 4.98 Å². The number of carbonyl (C=O) groups is 2. The summed E-state index contributed by atoms with van der Waals surface area (Å²) < 4.78 is 1.41. The van der Waals surface area contributed by atoms with Crippen molar-refractivity contribution in [2.75, 3.05) is 4.90 Å². The number of aryl methyl sites for hydroxylation is 1. The van der Waals surface area contributed by atoms with Crippen molar-refractivity contribution in [3.05, 3.63) is 75.2 Å². The Labute approximate surface area is 157 Å². The van der Waals surface area contributed by atoms with Crippen LogP contribution in [0.15, 0.2) is 53.3 Å². The SMILES string of the molecule is Cn1c(=O)[nH]c2cc(Cl)c(N3C(=O)c4cccc5cccc(c45)C3=O)cc21. The average molecular weight is 378 g/mol. The van der Waals surface area contributed by atoms with Crippen molar-refractivity contribution in [2.45, 2.75) is 0 Å². The Balaban J connectivity index is 1.80. The first-order valence-electron chi connectivity index (χ1n) is 8.26. The molecule has 1 aliphatic heterocycles. The number of imidazole rings is 1. The van der Waals surface area contributed by atoms with Gasteiger partial charge in [-0.05, 0) is 29.7 Å². The van der Waals surface area contributed by atoms with Crippen LogP contribution in [0, 0.1) is 0 Å². The maximum absolute atomic E-state index is 13.2. The number of rotatable bonds is 1. The Kier molecular flexibility index (Phi) is 3.12. The molecule has 1 aromatic heterocycles. The molecule has 0 bridgehead atoms. The van der Waals surface area contributed by atoms with Crippen LogP contribution < -0.4 is 10.6 Å². The number of carbonyl (C=O) groups excluding carboxylic acids is 2. The number of nitrogens with one attached hydrogen (secondary N) is 1. The molecule has 0 radical (unpaired) electrons. The van der Waals surface area contributed by atoms with E-state index in [9.17, 15) is 14.4 Å². The first-order valence-corrected chi connectivity index (χ1v) is 8.64. The third kappa shape index (κ3) is 2.04. The zero-order valence-electron chi connectivity index (χ0n) is 14.1. The molecule has 0 unspecified atom stereocenters. The molecule has 2 heterocycles. The molecule has 0 saturated carbocycles. The highest BCUT2D eigenvalue weighted by molar-refractivity contribution is 6.40. The van der Waals surface area contributed by atoms with Crippen LogP contribution in [0.4, 0.5) is 5.69 Å². The molecule has 132 valence electrons. The lowest BCUT2D eigenvalue weighted by molar-refractivity contribution is 0.0893. The van der Waals surface area contributed by atoms with E-state index in [0.29, 0.717) is 27.5 Å². The second-order valence-corrected chi connectivity index (χ2v) is 6.87. The normalized spacial score (nSPS) is 13.8. The van der Waals surface area contributed by atoms with Crippen molar-refractivity contribution in [1.82, 2.24) is 9.55 Å². The van der Waals surface area contributed by atoms with Gasteiger partial charge in [0.15, 0.2) is 0 Å². The predicted octanol–water partition coefficient (Wildman–Crippen LogP) is 3.47. The van der Waals surface area contributed by atoms with Gasteiger partial charge in [0.1, 0.15) is 0 Å². The Morgan fingerprint density at radius 2 is 1.56 bits per heavy atom. The lowest BCUT2D eigenvalue weighted by Crippen LogP contribution is -2.40. The van der Waals surface area contributed by atoms with Crippen LogP contribution in [0.1, 0.15) is 20.7 Å². The van der Waals surface area contributed by atoms with Gasteiger partial charge in [0.05, 0.1) is 21.7 Å². The molecule has 1 aliphatic rings. The highest BCUT2D eigenvalue weighted by Gasteiger charge is 2.35. The summed E-state index contributed by atoms with van der Waals surface area (Å²) in [4.78, 5) is 42.0. The van der Waals surface area contributed by atoms with Gasteiger partial charge in [-0.15, -0.1) is 0 Å². The molecule has 6 nitrogen and oxygen atoms in total. The van der Waals surface area contributed by atoms with Crippen molar-refractivity contribution >= 4 is 50.9 Å². The van der Waals surface area contributed by atoms with Crippen molar-refractivity contribution in [3.8, 4) is 0 Å². The van der Waals surface area contributed by atoms with Gasteiger partial charge in [0.25, 0.3) is 11.8 Å². The summed E-state index contributed by atoms with van der Waals surface area (Å²) in [5.74, 6) is -0.878. The Bertz CT molecular complexity index is 1320. The molecule has 0 fully saturated rings. The summed E-state index contributed by atoms with van der Waals surface area (Å²) in [5.41, 5.74) is 1.93. The number of anilines is 1. The van der Waals surface area contributed by atoms with Gasteiger partial charge in [-0.1, -0.05) is 35.9 Å². The average Bonchev–Trinajstić information content (AvgIpc) is 2.93. The third-order valence-corrected chi connectivity index (χ3v) is 5.29. The van der Waals surface area contributed by atoms with Crippen molar-refractivity contribution in [3.63, 3.8) is 0 Å². The standard InChI is InChI=1S/C20H12ClN3O3/c1-23-16-9-15(13(21)8-14(16)22-20(23)27)24-18(25)11-6-2-4-10-5-3-7-12(17(10)11)19(24)26/h2-9H,1H3,(H,22,27). The molecule has 0 saturated heterocycles. The number of amides is 2. The van der Waals surface area contributed by atoms with E-state index in [-0.39, 0.29) is 16.4 Å². The minimum Gasteiger partial charge on any atom is -0.305 e. The van der Waals surface area contributed by atoms with Crippen LogP contribution in [0.3, 0.4) is 0 Å². The van der Waals surface area contributed by atoms with Gasteiger partial charge in [-0.25, -0.2) is 9.69 Å². The fourth-order valence-electron chi connectivity index (χ4n) is 3.66. The Hall–Kier alpha value is -3.38. The number of H-pyrrole nitrogens is 1. The Morgan fingerprint density at radius 1 is 0.926 bits per heavy atom. The summed E-state index contributed by atoms with van der Waals surface area (Å²) in [6.07, 6.45) is 0. The minimum absolute atomic E-state index is 0.206. The minimum atomic E-state index is -0.439. The number of aromatic amines is 1. The number of imide groups is 1. The number of halogens is 1. The van der Waals surface area contributed by atoms with E-state index in [0.717, 1.165) is 10.3 Å². The number of hydrogen-bond acceptors (Lipinski definition) is 3. The molecular weight excluding hydrogens is 366 g/mol. The summed E-state index contributed by atoms with van der Waals surface area (Å²) >= 11 is 6.38. The van der Waals surface area contributed by atoms with Crippen LogP contribution in [-0.2, 0) is 7.05 Å². The smallest absolute Gasteiger partial charge is 0.305 e. The molecule has 4 aromatic rings. The van der Waals surface area contributed by atoms with E-state index < -0.39 is 11.8 Å². The predicted molar refractivity (Wildman–Crippen MR) is 104 cm³/mol. The van der Waals surface area contributed by atoms with E-state index in [2.05, 4.69) is 4.98 Å². The fourth-order valence-corrected chi connectivity index (χ4v) is 3.91. The zero-order valence-corrected chi connectivity index (χ0v) is 14.9. The lowest BCUT2D eigenvalue weighted by atomic mass is 9.94. The van der Waals surface area contributed by atoms with E-state index >= 15 is 0 Å². The molecule has 1 N–H and O–H groups in total. The van der Waals surface area contributed by atoms with E-state index in [1.165, 1.54) is 4.57 Å². The molecule has 0 spiro atoms. The maximum Gasteiger partial charge on any atom is 0.326 e. The van der Waals surface area contributed by atoms with Crippen LogP contribution in [0.25, 0.3) is 21.8 Å². The zero-order chi connectivity index (χ0) is 18.9. The molecule has 7 heteroatoms. The number of fused-ring (bicyclic) bond motifs is 1. The van der Waals surface area contributed by atoms with Gasteiger partial charge in [-0.3, -0.25) is 14.2 Å². The molecular formula is C20H12ClN3O3. The molecule has 5 rings (SSSR count). The Morgan fingerprint density at radius 3 is 2.19 bits per heavy atom. The first-order chi connectivity index (χ1) is 13.0. The number of benzene rings is 3. The van der Waals surface area contributed by atoms with E-state index in [4.69, 9.17) is 11.6 Å². The summed E-state index contributed by atoms with van der Waals surface area (Å²) in [5, 5.41) is 1.69. The molecule has 3 aromatic carbocycles. The number of hydrogen-bond donors (Lipinski definition) is 1. The fraction of sp³-hybridized carbons (Fsp3) is 0.0500. The van der Waals surface area contributed by atoms with Crippen LogP contribution in [0.2, 0.25) is 5.02 Å². The monoisotopic (exact) mass is 377 g/mol. The van der Waals surface area contributed by atoms with Crippen LogP contribution in [-0.4, -0.2) is 21.4 Å². The number of nitrogens with zero attached hydrogens (tertiary/aromatic N) is 2. The second-order valence-electron chi connectivity index (χ2n) is 6.46. The van der Waals surface area contributed by atoms with Gasteiger partial charge in [0, 0.05) is 23.6 Å². The molecule has 0 aliphatic carbocycles.